The lowest BCUT2D eigenvalue weighted by Gasteiger charge is -2.31. The number of aromatic nitrogens is 2. The molecule has 0 amide bonds. The van der Waals surface area contributed by atoms with Gasteiger partial charge < -0.3 is 20.3 Å². The van der Waals surface area contributed by atoms with Gasteiger partial charge in [-0.3, -0.25) is 0 Å². The number of alkyl halides is 3. The molecule has 0 saturated heterocycles. The van der Waals surface area contributed by atoms with Crippen LogP contribution in [0.15, 0.2) is 90.4 Å². The number of benzene rings is 3. The Morgan fingerprint density at radius 2 is 1.54 bits per heavy atom. The topological polar surface area (TPSA) is 120 Å². The van der Waals surface area contributed by atoms with E-state index in [2.05, 4.69) is 28.2 Å². The van der Waals surface area contributed by atoms with Crippen LogP contribution in [0.25, 0.3) is 11.1 Å². The van der Waals surface area contributed by atoms with E-state index >= 15 is 0 Å². The predicted octanol–water partition coefficient (Wildman–Crippen LogP) is 4.56. The first kappa shape index (κ1) is 25.7. The maximum atomic E-state index is 10.6. The number of rotatable bonds is 3. The van der Waals surface area contributed by atoms with Crippen LogP contribution in [0.2, 0.25) is 0 Å². The summed E-state index contributed by atoms with van der Waals surface area (Å²) in [4.78, 5) is 22.3. The number of nitrogens with two attached hydrogens (primary N) is 1. The van der Waals surface area contributed by atoms with Crippen LogP contribution in [0.1, 0.15) is 22.3 Å². The maximum absolute atomic E-state index is 10.6. The van der Waals surface area contributed by atoms with Crippen LogP contribution < -0.4 is 15.2 Å². The Morgan fingerprint density at radius 1 is 0.872 bits per heavy atom. The number of hydrogen-bond donors (Lipinski definition) is 2. The molecular formula is C28H21F3N4O4. The monoisotopic (exact) mass is 534 g/mol. The molecule has 1 atom stereocenters. The number of nitrogens with zero attached hydrogens (tertiary/aromatic N) is 3. The summed E-state index contributed by atoms with van der Waals surface area (Å²) in [5.41, 5.74) is 11.6. The molecule has 0 aliphatic carbocycles. The highest BCUT2D eigenvalue weighted by Gasteiger charge is 2.43. The fraction of sp³-hybridized carbons (Fsp3) is 0.143. The smallest absolute Gasteiger partial charge is 0.486 e. The highest BCUT2D eigenvalue weighted by Crippen LogP contribution is 2.48. The largest absolute Gasteiger partial charge is 0.490 e. The van der Waals surface area contributed by atoms with Crippen LogP contribution in [-0.2, 0) is 10.3 Å². The lowest BCUT2D eigenvalue weighted by atomic mass is 9.77. The summed E-state index contributed by atoms with van der Waals surface area (Å²) in [6.45, 7) is 1.07. The van der Waals surface area contributed by atoms with Crippen molar-refractivity contribution in [2.75, 3.05) is 13.2 Å². The molecule has 0 saturated carbocycles. The Bertz CT molecular complexity index is 1560. The Hall–Kier alpha value is -4.93. The minimum Gasteiger partial charge on any atom is -0.486 e. The first-order valence-electron chi connectivity index (χ1n) is 11.7. The summed E-state index contributed by atoms with van der Waals surface area (Å²) in [5, 5.41) is 7.12. The summed E-state index contributed by atoms with van der Waals surface area (Å²) >= 11 is 0. The van der Waals surface area contributed by atoms with Crippen molar-refractivity contribution < 1.29 is 32.5 Å². The molecule has 0 radical (unpaired) electrons. The van der Waals surface area contributed by atoms with Gasteiger partial charge in [-0.05, 0) is 40.5 Å². The van der Waals surface area contributed by atoms with E-state index in [0.29, 0.717) is 19.0 Å². The molecule has 2 aliphatic heterocycles. The van der Waals surface area contributed by atoms with Gasteiger partial charge in [-0.15, -0.1) is 0 Å². The van der Waals surface area contributed by atoms with Crippen molar-refractivity contribution in [3.63, 3.8) is 0 Å². The lowest BCUT2D eigenvalue weighted by Crippen LogP contribution is -2.26. The van der Waals surface area contributed by atoms with Gasteiger partial charge in [-0.2, -0.15) is 13.2 Å². The van der Waals surface area contributed by atoms with Crippen LogP contribution >= 0.6 is 0 Å². The first-order chi connectivity index (χ1) is 18.7. The molecule has 8 nitrogen and oxygen atoms in total. The van der Waals surface area contributed by atoms with Crippen LogP contribution in [0.5, 0.6) is 11.5 Å². The predicted molar refractivity (Wildman–Crippen MR) is 136 cm³/mol. The van der Waals surface area contributed by atoms with Gasteiger partial charge in [0.05, 0.1) is 0 Å². The van der Waals surface area contributed by atoms with Crippen molar-refractivity contribution >= 4 is 11.8 Å². The molecule has 2 aliphatic rings. The summed E-state index contributed by atoms with van der Waals surface area (Å²) < 4.78 is 43.4. The molecule has 3 N–H and O–H groups in total. The van der Waals surface area contributed by atoms with Crippen LogP contribution in [-0.4, -0.2) is 46.3 Å². The minimum atomic E-state index is -5.08. The summed E-state index contributed by atoms with van der Waals surface area (Å²) in [6, 6.07) is 22.4. The highest BCUT2D eigenvalue weighted by atomic mass is 19.4. The van der Waals surface area contributed by atoms with Gasteiger partial charge in [0.15, 0.2) is 11.5 Å². The number of aliphatic carboxylic acids is 1. The summed E-state index contributed by atoms with van der Waals surface area (Å²) in [7, 11) is 0. The molecule has 6 rings (SSSR count). The normalized spacial score (nSPS) is 17.4. The number of fused-ring (bicyclic) bond motifs is 2. The van der Waals surface area contributed by atoms with Crippen molar-refractivity contribution in [3.05, 3.63) is 108 Å². The number of hydrogen-bond acceptors (Lipinski definition) is 7. The Labute approximate surface area is 220 Å². The zero-order valence-corrected chi connectivity index (χ0v) is 20.2. The van der Waals surface area contributed by atoms with E-state index in [1.807, 2.05) is 60.9 Å². The van der Waals surface area contributed by atoms with Crippen molar-refractivity contribution in [1.82, 2.24) is 9.97 Å². The van der Waals surface area contributed by atoms with Crippen LogP contribution in [0, 0.1) is 0 Å². The molecule has 0 spiro atoms. The molecule has 4 aromatic rings. The summed E-state index contributed by atoms with van der Waals surface area (Å²) in [5.74, 6) is -0.774. The van der Waals surface area contributed by atoms with Gasteiger partial charge in [-0.25, -0.2) is 19.8 Å². The number of carbonyl (C=O) groups is 1. The molecule has 198 valence electrons. The average Bonchev–Trinajstić information content (AvgIpc) is 3.26. The molecular weight excluding hydrogens is 513 g/mol. The van der Waals surface area contributed by atoms with E-state index in [1.165, 1.54) is 6.33 Å². The number of halogens is 3. The molecule has 1 unspecified atom stereocenters. The standard InChI is InChI=1S/C26H20N4O2.C2HF3O2/c27-25-21-6-1-2-7-22(21)26(30-25,20-8-9-23-24(13-20)32-11-10-31-23)19-5-3-4-17(12-19)18-14-28-16-29-15-18;3-2(4,5)1(6)7/h1-9,12-16H,10-11H2,(H2,27,30);(H,6,7). The fourth-order valence-electron chi connectivity index (χ4n) is 4.57. The van der Waals surface area contributed by atoms with Crippen LogP contribution in [0.4, 0.5) is 13.2 Å². The quantitative estimate of drug-likeness (QED) is 0.396. The van der Waals surface area contributed by atoms with Crippen molar-refractivity contribution in [2.45, 2.75) is 11.7 Å². The van der Waals surface area contributed by atoms with Gasteiger partial charge in [0.25, 0.3) is 0 Å². The third-order valence-corrected chi connectivity index (χ3v) is 6.26. The molecule has 11 heteroatoms. The Balaban J connectivity index is 0.000000392. The second-order valence-electron chi connectivity index (χ2n) is 8.62. The first-order valence-corrected chi connectivity index (χ1v) is 11.7. The van der Waals surface area contributed by atoms with E-state index in [4.69, 9.17) is 30.1 Å². The lowest BCUT2D eigenvalue weighted by molar-refractivity contribution is -0.192. The number of aliphatic imine (C=N–C) groups is 1. The van der Waals surface area contributed by atoms with E-state index in [9.17, 15) is 13.2 Å². The number of carboxylic acids is 1. The minimum absolute atomic E-state index is 0.518. The van der Waals surface area contributed by atoms with E-state index in [-0.39, 0.29) is 0 Å². The average molecular weight is 534 g/mol. The molecule has 0 bridgehead atoms. The summed E-state index contributed by atoms with van der Waals surface area (Å²) in [6.07, 6.45) is 0.0639. The van der Waals surface area contributed by atoms with Gasteiger partial charge >= 0.3 is 12.1 Å². The van der Waals surface area contributed by atoms with Crippen molar-refractivity contribution in [1.29, 1.82) is 0 Å². The fourth-order valence-corrected chi connectivity index (χ4v) is 4.57. The second kappa shape index (κ2) is 10.1. The van der Waals surface area contributed by atoms with Gasteiger partial charge in [-0.1, -0.05) is 48.5 Å². The third-order valence-electron chi connectivity index (χ3n) is 6.26. The van der Waals surface area contributed by atoms with Gasteiger partial charge in [0.2, 0.25) is 0 Å². The van der Waals surface area contributed by atoms with E-state index < -0.39 is 17.7 Å². The Morgan fingerprint density at radius 3 is 2.26 bits per heavy atom. The van der Waals surface area contributed by atoms with Gasteiger partial charge in [0, 0.05) is 23.5 Å². The number of ether oxygens (including phenoxy) is 2. The molecule has 39 heavy (non-hydrogen) atoms. The van der Waals surface area contributed by atoms with Gasteiger partial charge in [0.1, 0.15) is 30.9 Å². The highest BCUT2D eigenvalue weighted by molar-refractivity contribution is 6.03. The molecule has 3 aromatic carbocycles. The zero-order chi connectivity index (χ0) is 27.6. The van der Waals surface area contributed by atoms with Crippen LogP contribution in [0.3, 0.4) is 0 Å². The zero-order valence-electron chi connectivity index (χ0n) is 20.2. The van der Waals surface area contributed by atoms with Crippen molar-refractivity contribution in [2.24, 2.45) is 10.7 Å². The Kier molecular flexibility index (Phi) is 6.65. The molecule has 0 fully saturated rings. The molecule has 1 aromatic heterocycles. The van der Waals surface area contributed by atoms with E-state index in [0.717, 1.165) is 44.9 Å². The third kappa shape index (κ3) is 4.86. The SMILES string of the molecule is NC1=NC(c2cccc(-c3cncnc3)c2)(c2ccc3c(c2)OCCO3)c2ccccc21.O=C(O)C(F)(F)F. The van der Waals surface area contributed by atoms with E-state index in [1.54, 1.807) is 0 Å². The number of carboxylic acid groups (broad SMARTS) is 1. The maximum Gasteiger partial charge on any atom is 0.490 e. The molecule has 3 heterocycles. The number of amidine groups is 1. The van der Waals surface area contributed by atoms with Crippen molar-refractivity contribution in [3.8, 4) is 22.6 Å². The second-order valence-corrected chi connectivity index (χ2v) is 8.62.